The summed E-state index contributed by atoms with van der Waals surface area (Å²) in [6, 6.07) is 6.49. The first-order valence-electron chi connectivity index (χ1n) is 6.26. The Labute approximate surface area is 102 Å². The van der Waals surface area contributed by atoms with Crippen molar-refractivity contribution in [3.05, 3.63) is 29.3 Å². The van der Waals surface area contributed by atoms with Crippen LogP contribution in [0.4, 0.5) is 5.69 Å². The Bertz CT molecular complexity index is 477. The fourth-order valence-electron chi connectivity index (χ4n) is 2.75. The minimum atomic E-state index is 0.213. The molecule has 0 saturated heterocycles. The van der Waals surface area contributed by atoms with Gasteiger partial charge in [-0.25, -0.2) is 0 Å². The monoisotopic (exact) mass is 230 g/mol. The molecule has 90 valence electrons. The minimum Gasteiger partial charge on any atom is -0.330 e. The summed E-state index contributed by atoms with van der Waals surface area (Å²) in [4.78, 5) is 13.4. The molecular weight excluding hydrogens is 212 g/mol. The third kappa shape index (κ3) is 1.57. The molecule has 3 nitrogen and oxygen atoms in total. The third-order valence-corrected chi connectivity index (χ3v) is 4.28. The number of carbonyl (C=O) groups excluding carboxylic acids is 1. The van der Waals surface area contributed by atoms with E-state index in [1.54, 1.807) is 4.90 Å². The Morgan fingerprint density at radius 3 is 2.76 bits per heavy atom. The van der Waals surface area contributed by atoms with Crippen LogP contribution in [0.2, 0.25) is 0 Å². The first-order valence-corrected chi connectivity index (χ1v) is 6.26. The lowest BCUT2D eigenvalue weighted by molar-refractivity contribution is -0.118. The fourth-order valence-corrected chi connectivity index (χ4v) is 2.75. The van der Waals surface area contributed by atoms with Gasteiger partial charge in [-0.15, -0.1) is 0 Å². The number of aryl methyl sites for hydroxylation is 1. The van der Waals surface area contributed by atoms with E-state index < -0.39 is 0 Å². The van der Waals surface area contributed by atoms with Crippen molar-refractivity contribution in [3.8, 4) is 0 Å². The van der Waals surface area contributed by atoms with Crippen molar-refractivity contribution in [1.82, 2.24) is 0 Å². The van der Waals surface area contributed by atoms with Crippen LogP contribution >= 0.6 is 0 Å². The molecule has 1 aromatic rings. The van der Waals surface area contributed by atoms with Crippen molar-refractivity contribution in [3.63, 3.8) is 0 Å². The molecule has 1 amide bonds. The molecule has 1 aromatic carbocycles. The molecule has 0 atom stereocenters. The average molecular weight is 230 g/mol. The van der Waals surface area contributed by atoms with Crippen LogP contribution in [0.1, 0.15) is 30.4 Å². The molecule has 1 aliphatic carbocycles. The van der Waals surface area contributed by atoms with Gasteiger partial charge in [0.15, 0.2) is 0 Å². The Hall–Kier alpha value is -1.35. The number of amides is 1. The number of nitrogens with two attached hydrogens (primary N) is 1. The van der Waals surface area contributed by atoms with Gasteiger partial charge in [0.1, 0.15) is 0 Å². The highest BCUT2D eigenvalue weighted by Gasteiger charge is 2.43. The lowest BCUT2D eigenvalue weighted by Crippen LogP contribution is -2.31. The highest BCUT2D eigenvalue weighted by Crippen LogP contribution is 2.48. The molecular formula is C14H18N2O. The quantitative estimate of drug-likeness (QED) is 0.838. The SMILES string of the molecule is CN1C(=O)CCc2cc(C3(CN)CC3)ccc21. The summed E-state index contributed by atoms with van der Waals surface area (Å²) in [5.41, 5.74) is 9.83. The molecule has 1 saturated carbocycles. The highest BCUT2D eigenvalue weighted by atomic mass is 16.2. The normalized spacial score (nSPS) is 21.3. The zero-order valence-corrected chi connectivity index (χ0v) is 10.2. The first kappa shape index (κ1) is 10.8. The van der Waals surface area contributed by atoms with Crippen molar-refractivity contribution in [1.29, 1.82) is 0 Å². The number of hydrogen-bond acceptors (Lipinski definition) is 2. The molecule has 2 aliphatic rings. The molecule has 0 radical (unpaired) electrons. The summed E-state index contributed by atoms with van der Waals surface area (Å²) < 4.78 is 0. The molecule has 1 fully saturated rings. The molecule has 0 aromatic heterocycles. The van der Waals surface area contributed by atoms with E-state index in [1.807, 2.05) is 7.05 Å². The van der Waals surface area contributed by atoms with E-state index in [1.165, 1.54) is 24.0 Å². The van der Waals surface area contributed by atoms with Crippen molar-refractivity contribution in [2.45, 2.75) is 31.1 Å². The third-order valence-electron chi connectivity index (χ3n) is 4.28. The topological polar surface area (TPSA) is 46.3 Å². The van der Waals surface area contributed by atoms with Gasteiger partial charge < -0.3 is 10.6 Å². The molecule has 0 bridgehead atoms. The number of hydrogen-bond donors (Lipinski definition) is 1. The summed E-state index contributed by atoms with van der Waals surface area (Å²) in [5, 5.41) is 0. The summed E-state index contributed by atoms with van der Waals surface area (Å²) in [6.45, 7) is 0.737. The standard InChI is InChI=1S/C14H18N2O/c1-16-12-4-3-11(14(9-15)6-7-14)8-10(12)2-5-13(16)17/h3-4,8H,2,5-7,9,15H2,1H3. The van der Waals surface area contributed by atoms with Crippen molar-refractivity contribution in [2.75, 3.05) is 18.5 Å². The van der Waals surface area contributed by atoms with E-state index in [9.17, 15) is 4.79 Å². The van der Waals surface area contributed by atoms with E-state index >= 15 is 0 Å². The number of fused-ring (bicyclic) bond motifs is 1. The van der Waals surface area contributed by atoms with Crippen LogP contribution in [-0.4, -0.2) is 19.5 Å². The van der Waals surface area contributed by atoms with Gasteiger partial charge in [-0.3, -0.25) is 4.79 Å². The van der Waals surface area contributed by atoms with E-state index in [0.29, 0.717) is 6.42 Å². The maximum atomic E-state index is 11.6. The number of benzene rings is 1. The van der Waals surface area contributed by atoms with Crippen LogP contribution in [-0.2, 0) is 16.6 Å². The molecule has 3 rings (SSSR count). The maximum absolute atomic E-state index is 11.6. The number of nitrogens with zero attached hydrogens (tertiary/aromatic N) is 1. The smallest absolute Gasteiger partial charge is 0.227 e. The van der Waals surface area contributed by atoms with Gasteiger partial charge in [0.2, 0.25) is 5.91 Å². The fraction of sp³-hybridized carbons (Fsp3) is 0.500. The largest absolute Gasteiger partial charge is 0.330 e. The molecule has 0 unspecified atom stereocenters. The number of rotatable bonds is 2. The Balaban J connectivity index is 2.00. The summed E-state index contributed by atoms with van der Waals surface area (Å²) in [6.07, 6.45) is 3.91. The van der Waals surface area contributed by atoms with E-state index in [4.69, 9.17) is 5.73 Å². The van der Waals surface area contributed by atoms with Crippen LogP contribution in [0.5, 0.6) is 0 Å². The number of anilines is 1. The van der Waals surface area contributed by atoms with Crippen LogP contribution in [0.25, 0.3) is 0 Å². The zero-order chi connectivity index (χ0) is 12.0. The predicted molar refractivity (Wildman–Crippen MR) is 68.1 cm³/mol. The lowest BCUT2D eigenvalue weighted by Gasteiger charge is -2.27. The molecule has 0 spiro atoms. The summed E-state index contributed by atoms with van der Waals surface area (Å²) in [5.74, 6) is 0.213. The molecule has 1 heterocycles. The van der Waals surface area contributed by atoms with Gasteiger partial charge >= 0.3 is 0 Å². The van der Waals surface area contributed by atoms with Crippen molar-refractivity contribution in [2.24, 2.45) is 5.73 Å². The second kappa shape index (κ2) is 3.57. The Morgan fingerprint density at radius 2 is 2.12 bits per heavy atom. The second-order valence-corrected chi connectivity index (χ2v) is 5.28. The van der Waals surface area contributed by atoms with E-state index in [0.717, 1.165) is 18.7 Å². The second-order valence-electron chi connectivity index (χ2n) is 5.28. The van der Waals surface area contributed by atoms with Crippen molar-refractivity contribution >= 4 is 11.6 Å². The first-order chi connectivity index (χ1) is 8.16. The molecule has 17 heavy (non-hydrogen) atoms. The van der Waals surface area contributed by atoms with Gasteiger partial charge in [-0.1, -0.05) is 12.1 Å². The minimum absolute atomic E-state index is 0.213. The van der Waals surface area contributed by atoms with Crippen molar-refractivity contribution < 1.29 is 4.79 Å². The maximum Gasteiger partial charge on any atom is 0.227 e. The Kier molecular flexibility index (Phi) is 2.26. The van der Waals surface area contributed by atoms with Gasteiger partial charge in [-0.2, -0.15) is 0 Å². The highest BCUT2D eigenvalue weighted by molar-refractivity contribution is 5.95. The average Bonchev–Trinajstić information content (AvgIpc) is 3.15. The van der Waals surface area contributed by atoms with Gasteiger partial charge in [0.05, 0.1) is 0 Å². The molecule has 3 heteroatoms. The van der Waals surface area contributed by atoms with Gasteiger partial charge in [0, 0.05) is 31.1 Å². The van der Waals surface area contributed by atoms with Gasteiger partial charge in [0.25, 0.3) is 0 Å². The van der Waals surface area contributed by atoms with Crippen LogP contribution in [0, 0.1) is 0 Å². The summed E-state index contributed by atoms with van der Waals surface area (Å²) in [7, 11) is 1.86. The van der Waals surface area contributed by atoms with E-state index in [2.05, 4.69) is 18.2 Å². The zero-order valence-electron chi connectivity index (χ0n) is 10.2. The van der Waals surface area contributed by atoms with E-state index in [-0.39, 0.29) is 11.3 Å². The van der Waals surface area contributed by atoms with Crippen LogP contribution < -0.4 is 10.6 Å². The van der Waals surface area contributed by atoms with Gasteiger partial charge in [-0.05, 0) is 36.5 Å². The lowest BCUT2D eigenvalue weighted by atomic mass is 9.91. The Morgan fingerprint density at radius 1 is 1.35 bits per heavy atom. The summed E-state index contributed by atoms with van der Waals surface area (Å²) >= 11 is 0. The molecule has 1 aliphatic heterocycles. The molecule has 2 N–H and O–H groups in total. The number of carbonyl (C=O) groups is 1. The predicted octanol–water partition coefficient (Wildman–Crippen LogP) is 1.59. The van der Waals surface area contributed by atoms with Crippen LogP contribution in [0.15, 0.2) is 18.2 Å². The van der Waals surface area contributed by atoms with Crippen LogP contribution in [0.3, 0.4) is 0 Å².